The van der Waals surface area contributed by atoms with Gasteiger partial charge < -0.3 is 10.4 Å². The number of nitrogens with zero attached hydrogens (tertiary/aromatic N) is 3. The van der Waals surface area contributed by atoms with E-state index in [1.165, 1.54) is 6.20 Å². The third-order valence-corrected chi connectivity index (χ3v) is 9.62. The first-order valence-electron chi connectivity index (χ1n) is 18.5. The molecule has 6 aromatic rings. The Hall–Kier alpha value is -5.41. The molecule has 0 unspecified atom stereocenters. The van der Waals surface area contributed by atoms with E-state index in [2.05, 4.69) is 20.3 Å². The van der Waals surface area contributed by atoms with Gasteiger partial charge >= 0.3 is 5.97 Å². The topological polar surface area (TPSA) is 122 Å². The van der Waals surface area contributed by atoms with E-state index in [-0.39, 0.29) is 22.9 Å². The fraction of sp³-hybridized carbons (Fsp3) is 0.217. The zero-order valence-corrected chi connectivity index (χ0v) is 34.2. The molecule has 0 bridgehead atoms. The number of carboxylic acid groups (broad SMARTS) is 1. The lowest BCUT2D eigenvalue weighted by Gasteiger charge is -2.21. The maximum atomic E-state index is 12.4. The van der Waals surface area contributed by atoms with Gasteiger partial charge in [0, 0.05) is 44.8 Å². The predicted molar refractivity (Wildman–Crippen MR) is 227 cm³/mol. The van der Waals surface area contributed by atoms with Crippen molar-refractivity contribution in [1.82, 2.24) is 20.3 Å². The van der Waals surface area contributed by atoms with E-state index in [0.717, 1.165) is 76.1 Å². The summed E-state index contributed by atoms with van der Waals surface area (Å²) in [6.07, 6.45) is 9.43. The van der Waals surface area contributed by atoms with Crippen LogP contribution in [0.25, 0.3) is 0 Å². The Balaban J connectivity index is 0.000000165. The first-order chi connectivity index (χ1) is 27.3. The first-order valence-corrected chi connectivity index (χ1v) is 19.6. The second-order valence-electron chi connectivity index (χ2n) is 14.4. The predicted octanol–water partition coefficient (Wildman–Crippen LogP) is 10.3. The molecule has 0 atom stereocenters. The average Bonchev–Trinajstić information content (AvgIpc) is 3.32. The zero-order chi connectivity index (χ0) is 41.0. The number of aromatic nitrogens is 3. The molecule has 1 aliphatic carbocycles. The molecule has 3 aromatic carbocycles. The number of amides is 1. The van der Waals surface area contributed by atoms with E-state index < -0.39 is 5.97 Å². The zero-order valence-electron chi connectivity index (χ0n) is 31.9. The van der Waals surface area contributed by atoms with Crippen molar-refractivity contribution in [2.45, 2.75) is 64.8 Å². The van der Waals surface area contributed by atoms with Crippen molar-refractivity contribution in [2.75, 3.05) is 0 Å². The van der Waals surface area contributed by atoms with Crippen molar-refractivity contribution < 1.29 is 19.5 Å². The number of carboxylic acids is 1. The number of hydrogen-bond acceptors (Lipinski definition) is 6. The minimum absolute atomic E-state index is 0.00441. The molecule has 3 aromatic heterocycles. The molecule has 0 saturated carbocycles. The molecule has 0 spiro atoms. The van der Waals surface area contributed by atoms with Crippen molar-refractivity contribution in [3.8, 4) is 0 Å². The van der Waals surface area contributed by atoms with Crippen LogP contribution < -0.4 is 5.32 Å². The van der Waals surface area contributed by atoms with Gasteiger partial charge in [-0.3, -0.25) is 19.6 Å². The summed E-state index contributed by atoms with van der Waals surface area (Å²) in [5.41, 5.74) is 7.61. The Bertz CT molecular complexity index is 2360. The lowest BCUT2D eigenvalue weighted by atomic mass is 10.0. The van der Waals surface area contributed by atoms with Gasteiger partial charge in [-0.15, -0.1) is 0 Å². The summed E-state index contributed by atoms with van der Waals surface area (Å²) >= 11 is 17.9. The minimum atomic E-state index is -0.989. The average molecular weight is 822 g/mol. The van der Waals surface area contributed by atoms with Crippen molar-refractivity contribution in [3.63, 3.8) is 0 Å². The Labute approximate surface area is 348 Å². The number of benzene rings is 3. The van der Waals surface area contributed by atoms with Gasteiger partial charge in [-0.05, 0) is 153 Å². The highest BCUT2D eigenvalue weighted by Crippen LogP contribution is 2.25. The maximum Gasteiger partial charge on any atom is 0.354 e. The van der Waals surface area contributed by atoms with Gasteiger partial charge in [0.15, 0.2) is 5.69 Å². The molecule has 292 valence electrons. The lowest BCUT2D eigenvalue weighted by Crippen LogP contribution is -2.41. The van der Waals surface area contributed by atoms with Crippen LogP contribution in [0.4, 0.5) is 0 Å². The van der Waals surface area contributed by atoms with Gasteiger partial charge in [0.2, 0.25) is 5.78 Å². The van der Waals surface area contributed by atoms with E-state index in [0.29, 0.717) is 27.9 Å². The fourth-order valence-corrected chi connectivity index (χ4v) is 6.87. The molecule has 0 aliphatic heterocycles. The Morgan fingerprint density at radius 1 is 0.632 bits per heavy atom. The fourth-order valence-electron chi connectivity index (χ4n) is 6.25. The molecule has 57 heavy (non-hydrogen) atoms. The molecule has 1 amide bonds. The third kappa shape index (κ3) is 12.8. The van der Waals surface area contributed by atoms with Gasteiger partial charge in [-0.1, -0.05) is 77.3 Å². The van der Waals surface area contributed by atoms with E-state index >= 15 is 0 Å². The Kier molecular flexibility index (Phi) is 15.1. The number of halogens is 3. The summed E-state index contributed by atoms with van der Waals surface area (Å²) in [6, 6.07) is 32.0. The molecule has 0 fully saturated rings. The monoisotopic (exact) mass is 820 g/mol. The number of pyridine rings is 3. The molecule has 8 nitrogen and oxygen atoms in total. The number of ketones is 1. The third-order valence-electron chi connectivity index (χ3n) is 8.91. The molecule has 2 N–H and O–H groups in total. The second kappa shape index (κ2) is 20.1. The van der Waals surface area contributed by atoms with Gasteiger partial charge in [-0.2, -0.15) is 0 Å². The number of hydrogen-bond donors (Lipinski definition) is 2. The van der Waals surface area contributed by atoms with Crippen LogP contribution in [0.1, 0.15) is 91.2 Å². The SMILES string of the molecule is CC(C)(C)NC(=O)c1ncccc1CCc1cccc(Cl)c1.O=C(O)c1ncccc1CCc1cccc(Cl)c1.O=C1c2ccc(Cl)cc2CCc2cccnc21. The minimum Gasteiger partial charge on any atom is -0.477 e. The smallest absolute Gasteiger partial charge is 0.354 e. The molecular formula is C46H43Cl3N4O4. The molecular weight excluding hydrogens is 779 g/mol. The quantitative estimate of drug-likeness (QED) is 0.157. The molecule has 1 aliphatic rings. The van der Waals surface area contributed by atoms with Crippen LogP contribution in [-0.2, 0) is 38.5 Å². The number of aromatic carboxylic acids is 1. The van der Waals surface area contributed by atoms with Crippen LogP contribution in [0.5, 0.6) is 0 Å². The molecule has 0 saturated heterocycles. The largest absolute Gasteiger partial charge is 0.477 e. The van der Waals surface area contributed by atoms with E-state index in [9.17, 15) is 14.4 Å². The summed E-state index contributed by atoms with van der Waals surface area (Å²) < 4.78 is 0. The van der Waals surface area contributed by atoms with E-state index in [1.54, 1.807) is 36.7 Å². The summed E-state index contributed by atoms with van der Waals surface area (Å²) in [5, 5.41) is 14.1. The van der Waals surface area contributed by atoms with Crippen LogP contribution in [0.15, 0.2) is 122 Å². The number of rotatable bonds is 8. The van der Waals surface area contributed by atoms with Crippen molar-refractivity contribution in [2.24, 2.45) is 0 Å². The Morgan fingerprint density at radius 2 is 1.16 bits per heavy atom. The van der Waals surface area contributed by atoms with Crippen molar-refractivity contribution in [1.29, 1.82) is 0 Å². The second-order valence-corrected chi connectivity index (χ2v) is 15.7. The number of fused-ring (bicyclic) bond motifs is 2. The van der Waals surface area contributed by atoms with Crippen LogP contribution in [-0.4, -0.2) is 43.3 Å². The summed E-state index contributed by atoms with van der Waals surface area (Å²) in [6.45, 7) is 5.87. The van der Waals surface area contributed by atoms with Gasteiger partial charge in [-0.25, -0.2) is 9.78 Å². The maximum absolute atomic E-state index is 12.4. The lowest BCUT2D eigenvalue weighted by molar-refractivity contribution is 0.0688. The van der Waals surface area contributed by atoms with E-state index in [4.69, 9.17) is 39.9 Å². The molecule has 11 heteroatoms. The highest BCUT2D eigenvalue weighted by atomic mass is 35.5. The van der Waals surface area contributed by atoms with Gasteiger partial charge in [0.25, 0.3) is 5.91 Å². The number of carbonyl (C=O) groups excluding carboxylic acids is 2. The normalized spacial score (nSPS) is 11.7. The van der Waals surface area contributed by atoms with Crippen LogP contribution in [0.3, 0.4) is 0 Å². The number of nitrogens with one attached hydrogen (secondary N) is 1. The van der Waals surface area contributed by atoms with Gasteiger partial charge in [0.1, 0.15) is 11.4 Å². The number of aryl methyl sites for hydroxylation is 6. The van der Waals surface area contributed by atoms with Crippen molar-refractivity contribution >= 4 is 52.5 Å². The first kappa shape index (κ1) is 42.7. The number of carbonyl (C=O) groups is 3. The van der Waals surface area contributed by atoms with Gasteiger partial charge in [0.05, 0.1) is 0 Å². The summed E-state index contributed by atoms with van der Waals surface area (Å²) in [7, 11) is 0. The van der Waals surface area contributed by atoms with Crippen LogP contribution in [0, 0.1) is 0 Å². The Morgan fingerprint density at radius 3 is 1.74 bits per heavy atom. The van der Waals surface area contributed by atoms with Crippen LogP contribution in [0.2, 0.25) is 15.1 Å². The van der Waals surface area contributed by atoms with Crippen molar-refractivity contribution in [3.05, 3.63) is 193 Å². The highest BCUT2D eigenvalue weighted by Gasteiger charge is 2.22. The van der Waals surface area contributed by atoms with E-state index in [1.807, 2.05) is 99.6 Å². The molecule has 7 rings (SSSR count). The summed E-state index contributed by atoms with van der Waals surface area (Å²) in [4.78, 5) is 48.0. The van der Waals surface area contributed by atoms with Crippen LogP contribution >= 0.6 is 34.8 Å². The molecule has 3 heterocycles. The molecule has 0 radical (unpaired) electrons. The highest BCUT2D eigenvalue weighted by molar-refractivity contribution is 6.31. The standard InChI is InChI=1S/C18H21ClN2O.C14H12ClNO2.C14H10ClNO/c1-18(2,3)21-17(22)16-14(7-5-11-20-16)10-9-13-6-4-8-15(19)12-13;15-12-5-1-3-10(9-12)6-7-11-4-2-8-16-13(11)14(17)18;15-11-5-6-12-10(8-11)4-3-9-2-1-7-16-13(9)14(12)17/h4-8,11-12H,9-10H2,1-3H3,(H,21,22);1-5,8-9H,6-7H2,(H,17,18);1-2,5-8H,3-4H2. The summed E-state index contributed by atoms with van der Waals surface area (Å²) in [5.74, 6) is -1.12.